The van der Waals surface area contributed by atoms with Gasteiger partial charge in [0.15, 0.2) is 0 Å². The van der Waals surface area contributed by atoms with E-state index in [0.717, 1.165) is 17.8 Å². The molecule has 1 aromatic rings. The molecule has 0 aromatic heterocycles. The fourth-order valence-electron chi connectivity index (χ4n) is 1.48. The van der Waals surface area contributed by atoms with Crippen LogP contribution in [0.25, 0.3) is 0 Å². The van der Waals surface area contributed by atoms with Crippen molar-refractivity contribution >= 4 is 11.7 Å². The normalized spacial score (nSPS) is 10.4. The maximum Gasteiger partial charge on any atom is 0.319 e. The third-order valence-corrected chi connectivity index (χ3v) is 2.38. The average molecular weight is 222 g/mol. The molecule has 2 N–H and O–H groups in total. The predicted molar refractivity (Wildman–Crippen MR) is 63.8 cm³/mol. The van der Waals surface area contributed by atoms with Crippen LogP contribution in [0, 0.1) is 0 Å². The summed E-state index contributed by atoms with van der Waals surface area (Å²) in [7, 11) is 1.40. The number of hydrogen-bond acceptors (Lipinski definition) is 4. The molecule has 16 heavy (non-hydrogen) atoms. The van der Waals surface area contributed by atoms with E-state index in [2.05, 4.69) is 4.74 Å². The van der Waals surface area contributed by atoms with Crippen molar-refractivity contribution in [1.82, 2.24) is 4.90 Å². The van der Waals surface area contributed by atoms with E-state index in [1.807, 2.05) is 36.1 Å². The highest BCUT2D eigenvalue weighted by atomic mass is 16.5. The molecule has 0 heterocycles. The monoisotopic (exact) mass is 222 g/mol. The Bertz CT molecular complexity index is 353. The maximum absolute atomic E-state index is 11.1. The lowest BCUT2D eigenvalue weighted by Gasteiger charge is -2.18. The zero-order valence-corrected chi connectivity index (χ0v) is 9.77. The highest BCUT2D eigenvalue weighted by Gasteiger charge is 2.09. The molecule has 0 aliphatic rings. The number of ether oxygens (including phenoxy) is 1. The van der Waals surface area contributed by atoms with E-state index >= 15 is 0 Å². The fourth-order valence-corrected chi connectivity index (χ4v) is 1.48. The molecule has 0 atom stereocenters. The second kappa shape index (κ2) is 6.12. The molecule has 0 saturated carbocycles. The van der Waals surface area contributed by atoms with Crippen LogP contribution in [0.1, 0.15) is 12.5 Å². The summed E-state index contributed by atoms with van der Waals surface area (Å²) in [5, 5.41) is 0. The van der Waals surface area contributed by atoms with Crippen LogP contribution in [-0.4, -0.2) is 31.1 Å². The van der Waals surface area contributed by atoms with Gasteiger partial charge in [-0.3, -0.25) is 9.69 Å². The van der Waals surface area contributed by atoms with Crippen LogP contribution in [0.2, 0.25) is 0 Å². The van der Waals surface area contributed by atoms with Crippen molar-refractivity contribution in [3.63, 3.8) is 0 Å². The summed E-state index contributed by atoms with van der Waals surface area (Å²) in [6.07, 6.45) is 0. The Morgan fingerprint density at radius 2 is 2.25 bits per heavy atom. The number of benzene rings is 1. The average Bonchev–Trinajstić information content (AvgIpc) is 2.28. The molecular formula is C12H18N2O2. The van der Waals surface area contributed by atoms with E-state index in [9.17, 15) is 4.79 Å². The topological polar surface area (TPSA) is 55.6 Å². The van der Waals surface area contributed by atoms with E-state index < -0.39 is 0 Å². The minimum Gasteiger partial charge on any atom is -0.468 e. The van der Waals surface area contributed by atoms with Gasteiger partial charge in [-0.15, -0.1) is 0 Å². The molecule has 1 aromatic carbocycles. The number of carbonyl (C=O) groups is 1. The van der Waals surface area contributed by atoms with Crippen molar-refractivity contribution in [1.29, 1.82) is 0 Å². The first kappa shape index (κ1) is 12.5. The number of hydrogen-bond donors (Lipinski definition) is 1. The van der Waals surface area contributed by atoms with Crippen LogP contribution in [-0.2, 0) is 16.1 Å². The molecule has 0 unspecified atom stereocenters. The zero-order chi connectivity index (χ0) is 12.0. The van der Waals surface area contributed by atoms with Crippen LogP contribution in [0.4, 0.5) is 5.69 Å². The van der Waals surface area contributed by atoms with Gasteiger partial charge in [0.1, 0.15) is 0 Å². The lowest BCUT2D eigenvalue weighted by atomic mass is 10.2. The second-order valence-electron chi connectivity index (χ2n) is 3.62. The standard InChI is InChI=1S/C12H18N2O2/c1-3-14(9-12(15)16-2)8-10-5-4-6-11(13)7-10/h4-7H,3,8-9,13H2,1-2H3. The molecule has 0 bridgehead atoms. The van der Waals surface area contributed by atoms with Crippen molar-refractivity contribution in [3.8, 4) is 0 Å². The van der Waals surface area contributed by atoms with Crippen molar-refractivity contribution in [2.45, 2.75) is 13.5 Å². The van der Waals surface area contributed by atoms with Crippen molar-refractivity contribution in [2.24, 2.45) is 0 Å². The summed E-state index contributed by atoms with van der Waals surface area (Å²) in [4.78, 5) is 13.2. The van der Waals surface area contributed by atoms with Gasteiger partial charge in [-0.25, -0.2) is 0 Å². The van der Waals surface area contributed by atoms with Gasteiger partial charge in [0.25, 0.3) is 0 Å². The van der Waals surface area contributed by atoms with Gasteiger partial charge >= 0.3 is 5.97 Å². The maximum atomic E-state index is 11.1. The Morgan fingerprint density at radius 3 is 2.81 bits per heavy atom. The fraction of sp³-hybridized carbons (Fsp3) is 0.417. The second-order valence-corrected chi connectivity index (χ2v) is 3.62. The van der Waals surface area contributed by atoms with Crippen molar-refractivity contribution < 1.29 is 9.53 Å². The summed E-state index contributed by atoms with van der Waals surface area (Å²) in [5.41, 5.74) is 7.54. The highest BCUT2D eigenvalue weighted by Crippen LogP contribution is 2.09. The minimum absolute atomic E-state index is 0.217. The molecule has 0 aliphatic carbocycles. The minimum atomic E-state index is -0.217. The number of nitrogen functional groups attached to an aromatic ring is 1. The third-order valence-electron chi connectivity index (χ3n) is 2.38. The van der Waals surface area contributed by atoms with E-state index in [-0.39, 0.29) is 5.97 Å². The molecule has 0 aliphatic heterocycles. The summed E-state index contributed by atoms with van der Waals surface area (Å²) in [5.74, 6) is -0.217. The van der Waals surface area contributed by atoms with Gasteiger partial charge < -0.3 is 10.5 Å². The molecule has 0 radical (unpaired) electrons. The number of nitrogens with two attached hydrogens (primary N) is 1. The molecule has 0 fully saturated rings. The zero-order valence-electron chi connectivity index (χ0n) is 9.77. The Balaban J connectivity index is 2.59. The highest BCUT2D eigenvalue weighted by molar-refractivity contribution is 5.71. The molecule has 0 spiro atoms. The lowest BCUT2D eigenvalue weighted by Crippen LogP contribution is -2.29. The van der Waals surface area contributed by atoms with Gasteiger partial charge in [-0.05, 0) is 24.2 Å². The van der Waals surface area contributed by atoms with Gasteiger partial charge in [0, 0.05) is 12.2 Å². The Morgan fingerprint density at radius 1 is 1.50 bits per heavy atom. The van der Waals surface area contributed by atoms with Crippen LogP contribution in [0.3, 0.4) is 0 Å². The molecule has 4 nitrogen and oxygen atoms in total. The Labute approximate surface area is 96.0 Å². The first-order valence-electron chi connectivity index (χ1n) is 5.29. The SMILES string of the molecule is CCN(CC(=O)OC)Cc1cccc(N)c1. The summed E-state index contributed by atoms with van der Waals surface area (Å²) >= 11 is 0. The summed E-state index contributed by atoms with van der Waals surface area (Å²) in [6, 6.07) is 7.67. The first-order chi connectivity index (χ1) is 7.65. The van der Waals surface area contributed by atoms with E-state index in [0.29, 0.717) is 13.1 Å². The van der Waals surface area contributed by atoms with E-state index in [4.69, 9.17) is 5.73 Å². The predicted octanol–water partition coefficient (Wildman–Crippen LogP) is 1.26. The third kappa shape index (κ3) is 3.90. The number of likely N-dealkylation sites (N-methyl/N-ethyl adjacent to an activating group) is 1. The smallest absolute Gasteiger partial charge is 0.319 e. The lowest BCUT2D eigenvalue weighted by molar-refractivity contribution is -0.142. The number of nitrogens with zero attached hydrogens (tertiary/aromatic N) is 1. The molecule has 4 heteroatoms. The summed E-state index contributed by atoms with van der Waals surface area (Å²) in [6.45, 7) is 3.82. The van der Waals surface area contributed by atoms with Crippen molar-refractivity contribution in [2.75, 3.05) is 25.9 Å². The number of rotatable bonds is 5. The van der Waals surface area contributed by atoms with Gasteiger partial charge in [0.05, 0.1) is 13.7 Å². The molecular weight excluding hydrogens is 204 g/mol. The van der Waals surface area contributed by atoms with E-state index in [1.54, 1.807) is 0 Å². The Kier molecular flexibility index (Phi) is 4.79. The molecule has 88 valence electrons. The largest absolute Gasteiger partial charge is 0.468 e. The molecule has 1 rings (SSSR count). The molecule has 0 amide bonds. The Hall–Kier alpha value is -1.55. The quantitative estimate of drug-likeness (QED) is 0.602. The van der Waals surface area contributed by atoms with Crippen LogP contribution < -0.4 is 5.73 Å². The van der Waals surface area contributed by atoms with Crippen LogP contribution in [0.5, 0.6) is 0 Å². The molecule has 0 saturated heterocycles. The number of anilines is 1. The van der Waals surface area contributed by atoms with Gasteiger partial charge in [-0.2, -0.15) is 0 Å². The van der Waals surface area contributed by atoms with Crippen molar-refractivity contribution in [3.05, 3.63) is 29.8 Å². The first-order valence-corrected chi connectivity index (χ1v) is 5.29. The number of esters is 1. The van der Waals surface area contributed by atoms with Gasteiger partial charge in [-0.1, -0.05) is 19.1 Å². The van der Waals surface area contributed by atoms with Crippen LogP contribution >= 0.6 is 0 Å². The summed E-state index contributed by atoms with van der Waals surface area (Å²) < 4.78 is 4.64. The van der Waals surface area contributed by atoms with E-state index in [1.165, 1.54) is 7.11 Å². The number of methoxy groups -OCH3 is 1. The van der Waals surface area contributed by atoms with Gasteiger partial charge in [0.2, 0.25) is 0 Å². The van der Waals surface area contributed by atoms with Crippen LogP contribution in [0.15, 0.2) is 24.3 Å². The number of carbonyl (C=O) groups excluding carboxylic acids is 1.